The molecule has 1 saturated heterocycles. The molecule has 0 radical (unpaired) electrons. The van der Waals surface area contributed by atoms with E-state index in [0.717, 1.165) is 56.8 Å². The lowest BCUT2D eigenvalue weighted by Crippen LogP contribution is -2.32. The van der Waals surface area contributed by atoms with E-state index in [0.29, 0.717) is 11.0 Å². The first-order valence-electron chi connectivity index (χ1n) is 9.37. The molecule has 1 aromatic carbocycles. The van der Waals surface area contributed by atoms with Gasteiger partial charge in [-0.05, 0) is 49.7 Å². The van der Waals surface area contributed by atoms with Crippen molar-refractivity contribution in [2.45, 2.75) is 32.7 Å². The first-order chi connectivity index (χ1) is 13.2. The van der Waals surface area contributed by atoms with Crippen LogP contribution in [0.25, 0.3) is 0 Å². The smallest absolute Gasteiger partial charge is 0.223 e. The highest BCUT2D eigenvalue weighted by molar-refractivity contribution is 7.15. The van der Waals surface area contributed by atoms with Crippen LogP contribution >= 0.6 is 11.3 Å². The number of aromatic nitrogens is 1. The predicted octanol–water partition coefficient (Wildman–Crippen LogP) is 3.30. The Balaban J connectivity index is 1.28. The first-order valence-corrected chi connectivity index (χ1v) is 10.2. The number of anilines is 1. The molecule has 140 valence electrons. The van der Waals surface area contributed by atoms with Crippen molar-refractivity contribution in [3.8, 4) is 17.6 Å². The van der Waals surface area contributed by atoms with Crippen LogP contribution in [0.4, 0.5) is 5.13 Å². The van der Waals surface area contributed by atoms with Gasteiger partial charge >= 0.3 is 0 Å². The van der Waals surface area contributed by atoms with E-state index in [-0.39, 0.29) is 5.91 Å². The van der Waals surface area contributed by atoms with E-state index in [1.54, 1.807) is 11.3 Å². The van der Waals surface area contributed by atoms with Crippen LogP contribution in [0.5, 0.6) is 5.75 Å². The summed E-state index contributed by atoms with van der Waals surface area (Å²) in [4.78, 5) is 19.0. The normalized spacial score (nSPS) is 16.9. The Morgan fingerprint density at radius 1 is 1.41 bits per heavy atom. The minimum atomic E-state index is -0.0776. The molecule has 2 aromatic rings. The summed E-state index contributed by atoms with van der Waals surface area (Å²) in [5.74, 6) is 8.22. The van der Waals surface area contributed by atoms with Crippen molar-refractivity contribution < 1.29 is 9.53 Å². The maximum absolute atomic E-state index is 11.1. The zero-order valence-electron chi connectivity index (χ0n) is 15.5. The van der Waals surface area contributed by atoms with E-state index in [9.17, 15) is 4.79 Å². The average molecular weight is 382 g/mol. The molecule has 4 rings (SSSR count). The third kappa shape index (κ3) is 4.68. The van der Waals surface area contributed by atoms with Crippen LogP contribution < -0.4 is 10.1 Å². The van der Waals surface area contributed by atoms with Gasteiger partial charge in [0.2, 0.25) is 5.91 Å². The highest BCUT2D eigenvalue weighted by Crippen LogP contribution is 2.26. The van der Waals surface area contributed by atoms with Crippen molar-refractivity contribution in [2.75, 3.05) is 25.0 Å². The van der Waals surface area contributed by atoms with E-state index < -0.39 is 0 Å². The SMILES string of the molecule is CC(=O)Nc1ncc(CN2CCC(C#Cc3ccc4c(c3)CCO4)CC2)s1. The molecule has 0 atom stereocenters. The number of hydrogen-bond acceptors (Lipinski definition) is 5. The van der Waals surface area contributed by atoms with Crippen molar-refractivity contribution in [1.29, 1.82) is 0 Å². The molecular formula is C21H23N3O2S. The number of nitrogens with one attached hydrogen (secondary N) is 1. The monoisotopic (exact) mass is 381 g/mol. The second-order valence-electron chi connectivity index (χ2n) is 7.05. The predicted molar refractivity (Wildman–Crippen MR) is 107 cm³/mol. The van der Waals surface area contributed by atoms with Crippen LogP contribution in [0.3, 0.4) is 0 Å². The molecule has 0 spiro atoms. The lowest BCUT2D eigenvalue weighted by Gasteiger charge is -2.29. The lowest BCUT2D eigenvalue weighted by atomic mass is 9.97. The molecule has 1 fully saturated rings. The Hall–Kier alpha value is -2.36. The molecule has 1 amide bonds. The van der Waals surface area contributed by atoms with Crippen molar-refractivity contribution in [3.05, 3.63) is 40.4 Å². The minimum Gasteiger partial charge on any atom is -0.493 e. The lowest BCUT2D eigenvalue weighted by molar-refractivity contribution is -0.114. The van der Waals surface area contributed by atoms with Crippen LogP contribution in [0.15, 0.2) is 24.4 Å². The fourth-order valence-corrected chi connectivity index (χ4v) is 4.40. The maximum Gasteiger partial charge on any atom is 0.223 e. The van der Waals surface area contributed by atoms with Gasteiger partial charge in [0.15, 0.2) is 5.13 Å². The number of benzene rings is 1. The van der Waals surface area contributed by atoms with Gasteiger partial charge in [0.25, 0.3) is 0 Å². The Morgan fingerprint density at radius 3 is 3.07 bits per heavy atom. The minimum absolute atomic E-state index is 0.0776. The number of nitrogens with zero attached hydrogens (tertiary/aromatic N) is 2. The molecule has 5 nitrogen and oxygen atoms in total. The number of amides is 1. The van der Waals surface area contributed by atoms with E-state index in [1.165, 1.54) is 17.4 Å². The number of thiazole rings is 1. The third-order valence-electron chi connectivity index (χ3n) is 4.91. The van der Waals surface area contributed by atoms with Gasteiger partial charge in [0.05, 0.1) is 6.61 Å². The molecule has 3 heterocycles. The summed E-state index contributed by atoms with van der Waals surface area (Å²) < 4.78 is 5.55. The Labute approximate surface area is 163 Å². The summed E-state index contributed by atoms with van der Waals surface area (Å²) in [6.45, 7) is 5.28. The van der Waals surface area contributed by atoms with Crippen LogP contribution in [0.2, 0.25) is 0 Å². The second kappa shape index (κ2) is 8.12. The van der Waals surface area contributed by atoms with Gasteiger partial charge in [-0.15, -0.1) is 11.3 Å². The van der Waals surface area contributed by atoms with Gasteiger partial charge in [0, 0.05) is 42.4 Å². The van der Waals surface area contributed by atoms with Crippen molar-refractivity contribution in [3.63, 3.8) is 0 Å². The van der Waals surface area contributed by atoms with Crippen LogP contribution in [0, 0.1) is 17.8 Å². The molecule has 2 aliphatic heterocycles. The van der Waals surface area contributed by atoms with Crippen LogP contribution in [0.1, 0.15) is 35.8 Å². The van der Waals surface area contributed by atoms with E-state index in [2.05, 4.69) is 39.2 Å². The van der Waals surface area contributed by atoms with Gasteiger partial charge in [-0.25, -0.2) is 4.98 Å². The zero-order chi connectivity index (χ0) is 18.6. The standard InChI is InChI=1S/C21H23N3O2S/c1-15(25)23-21-22-13-19(27-21)14-24-9-6-16(7-10-24)2-3-17-4-5-20-18(12-17)8-11-26-20/h4-5,12-13,16H,6-11,14H2,1H3,(H,22,23,25). The quantitative estimate of drug-likeness (QED) is 0.829. The largest absolute Gasteiger partial charge is 0.493 e. The number of hydrogen-bond donors (Lipinski definition) is 1. The summed E-state index contributed by atoms with van der Waals surface area (Å²) >= 11 is 1.55. The third-order valence-corrected chi connectivity index (χ3v) is 5.81. The summed E-state index contributed by atoms with van der Waals surface area (Å²) in [5, 5.41) is 3.42. The number of fused-ring (bicyclic) bond motifs is 1. The molecule has 0 aliphatic carbocycles. The second-order valence-corrected chi connectivity index (χ2v) is 8.17. The summed E-state index contributed by atoms with van der Waals surface area (Å²) in [6.07, 6.45) is 5.04. The fourth-order valence-electron chi connectivity index (χ4n) is 3.49. The Bertz CT molecular complexity index is 888. The molecule has 2 aliphatic rings. The molecule has 1 N–H and O–H groups in total. The Kier molecular flexibility index (Phi) is 5.42. The van der Waals surface area contributed by atoms with Gasteiger partial charge in [-0.2, -0.15) is 0 Å². The molecule has 0 bridgehead atoms. The Morgan fingerprint density at radius 2 is 2.26 bits per heavy atom. The fraction of sp³-hybridized carbons (Fsp3) is 0.429. The van der Waals surface area contributed by atoms with Crippen molar-refractivity contribution in [1.82, 2.24) is 9.88 Å². The number of ether oxygens (including phenoxy) is 1. The van der Waals surface area contributed by atoms with Crippen LogP contribution in [-0.2, 0) is 17.8 Å². The van der Waals surface area contributed by atoms with E-state index in [4.69, 9.17) is 4.74 Å². The zero-order valence-corrected chi connectivity index (χ0v) is 16.3. The first kappa shape index (κ1) is 18.0. The molecule has 6 heteroatoms. The van der Waals surface area contributed by atoms with Gasteiger partial charge in [0.1, 0.15) is 5.75 Å². The number of likely N-dealkylation sites (tertiary alicyclic amines) is 1. The van der Waals surface area contributed by atoms with Gasteiger partial charge < -0.3 is 10.1 Å². The molecule has 1 aromatic heterocycles. The van der Waals surface area contributed by atoms with Gasteiger partial charge in [-0.1, -0.05) is 11.8 Å². The van der Waals surface area contributed by atoms with Crippen molar-refractivity contribution >= 4 is 22.4 Å². The van der Waals surface area contributed by atoms with E-state index in [1.807, 2.05) is 12.3 Å². The number of rotatable bonds is 3. The van der Waals surface area contributed by atoms with Crippen molar-refractivity contribution in [2.24, 2.45) is 5.92 Å². The average Bonchev–Trinajstić information content (AvgIpc) is 3.29. The van der Waals surface area contributed by atoms with Gasteiger partial charge in [-0.3, -0.25) is 9.69 Å². The molecule has 0 unspecified atom stereocenters. The number of piperidine rings is 1. The molecular weight excluding hydrogens is 358 g/mol. The number of carbonyl (C=O) groups excluding carboxylic acids is 1. The summed E-state index contributed by atoms with van der Waals surface area (Å²) in [6, 6.07) is 6.27. The molecule has 27 heavy (non-hydrogen) atoms. The molecule has 0 saturated carbocycles. The summed E-state index contributed by atoms with van der Waals surface area (Å²) in [7, 11) is 0. The summed E-state index contributed by atoms with van der Waals surface area (Å²) in [5.41, 5.74) is 2.37. The highest BCUT2D eigenvalue weighted by atomic mass is 32.1. The van der Waals surface area contributed by atoms with Crippen LogP contribution in [-0.4, -0.2) is 35.5 Å². The highest BCUT2D eigenvalue weighted by Gasteiger charge is 2.19. The number of carbonyl (C=O) groups is 1. The topological polar surface area (TPSA) is 54.5 Å². The maximum atomic E-state index is 11.1. The van der Waals surface area contributed by atoms with E-state index >= 15 is 0 Å².